The van der Waals surface area contributed by atoms with Crippen molar-refractivity contribution in [2.45, 2.75) is 61.3 Å². The van der Waals surface area contributed by atoms with Gasteiger partial charge in [-0.3, -0.25) is 0 Å². The van der Waals surface area contributed by atoms with Crippen molar-refractivity contribution in [1.82, 2.24) is 0 Å². The highest BCUT2D eigenvalue weighted by Crippen LogP contribution is 2.46. The van der Waals surface area contributed by atoms with Gasteiger partial charge in [-0.15, -0.1) is 0 Å². The zero-order valence-corrected chi connectivity index (χ0v) is 18.6. The van der Waals surface area contributed by atoms with Crippen LogP contribution >= 0.6 is 0 Å². The lowest BCUT2D eigenvalue weighted by molar-refractivity contribution is 0.0536. The summed E-state index contributed by atoms with van der Waals surface area (Å²) in [6, 6.07) is 4.04. The lowest BCUT2D eigenvalue weighted by Gasteiger charge is -2.44. The Morgan fingerprint density at radius 1 is 1.21 bits per heavy atom. The molecule has 2 rings (SSSR count). The lowest BCUT2D eigenvalue weighted by Crippen LogP contribution is -2.38. The molecule has 0 saturated carbocycles. The maximum atomic E-state index is 12.5. The fraction of sp³-hybridized carbons (Fsp3) is 0.560. The predicted molar refractivity (Wildman–Crippen MR) is 116 cm³/mol. The second-order valence-corrected chi connectivity index (χ2v) is 9.07. The van der Waals surface area contributed by atoms with Gasteiger partial charge in [0, 0.05) is 5.92 Å². The van der Waals surface area contributed by atoms with Gasteiger partial charge in [0.05, 0.1) is 12.2 Å². The van der Waals surface area contributed by atoms with Crippen LogP contribution in [0.25, 0.3) is 0 Å². The first-order valence-electron chi connectivity index (χ1n) is 10.3. The van der Waals surface area contributed by atoms with Gasteiger partial charge in [-0.2, -0.15) is 0 Å². The van der Waals surface area contributed by atoms with Crippen molar-refractivity contribution in [3.63, 3.8) is 0 Å². The minimum absolute atomic E-state index is 0.0527. The third-order valence-corrected chi connectivity index (χ3v) is 6.47. The maximum absolute atomic E-state index is 12.5. The summed E-state index contributed by atoms with van der Waals surface area (Å²) in [5.41, 5.74) is 6.18. The number of carbonyl (C=O) groups is 1. The number of allylic oxidation sites excluding steroid dienone is 2. The summed E-state index contributed by atoms with van der Waals surface area (Å²) in [5, 5.41) is 9.79. The number of carbonyl (C=O) groups excluding carboxylic acids is 1. The molecule has 0 fully saturated rings. The molecular formula is C25H36O3. The molecule has 0 amide bonds. The molecule has 0 aliphatic heterocycles. The van der Waals surface area contributed by atoms with E-state index in [1.165, 1.54) is 5.57 Å². The van der Waals surface area contributed by atoms with Crippen LogP contribution in [0.15, 0.2) is 35.4 Å². The van der Waals surface area contributed by atoms with Crippen LogP contribution in [0, 0.1) is 38.0 Å². The zero-order chi connectivity index (χ0) is 21.1. The second kappa shape index (κ2) is 9.09. The zero-order valence-electron chi connectivity index (χ0n) is 18.6. The van der Waals surface area contributed by atoms with Crippen LogP contribution in [-0.2, 0) is 4.74 Å². The highest BCUT2D eigenvalue weighted by molar-refractivity contribution is 5.92. The molecule has 0 saturated heterocycles. The Balaban J connectivity index is 1.99. The minimum Gasteiger partial charge on any atom is -0.458 e. The normalized spacial score (nSPS) is 22.0. The van der Waals surface area contributed by atoms with E-state index in [2.05, 4.69) is 32.9 Å². The van der Waals surface area contributed by atoms with Crippen LogP contribution in [0.5, 0.6) is 0 Å². The number of hydrogen-bond donors (Lipinski definition) is 1. The van der Waals surface area contributed by atoms with Crippen LogP contribution in [0.2, 0.25) is 0 Å². The van der Waals surface area contributed by atoms with Gasteiger partial charge in [0.25, 0.3) is 0 Å². The molecule has 2 atom stereocenters. The van der Waals surface area contributed by atoms with Crippen LogP contribution in [0.1, 0.15) is 67.6 Å². The number of aliphatic hydroxyl groups is 1. The quantitative estimate of drug-likeness (QED) is 0.505. The summed E-state index contributed by atoms with van der Waals surface area (Å²) in [6.07, 6.45) is 6.42. The highest BCUT2D eigenvalue weighted by atomic mass is 16.5. The molecule has 0 bridgehead atoms. The van der Waals surface area contributed by atoms with E-state index in [-0.39, 0.29) is 23.9 Å². The van der Waals surface area contributed by atoms with Crippen molar-refractivity contribution in [3.8, 4) is 0 Å². The average Bonchev–Trinajstić information content (AvgIpc) is 2.58. The molecule has 1 aliphatic rings. The monoisotopic (exact) mass is 384 g/mol. The standard InChI is InChI=1S/C25H36O3/c1-16(8-10-21-11-9-18(3)22(14-26)25(21,6)7)15-28-24(27)23-19(4)12-17(2)13-20(23)5/h8-9,12-13,21-22,26H,10-11,14-15H2,1-7H3/b16-8+/t21-,22+/m0/s1. The van der Waals surface area contributed by atoms with Gasteiger partial charge in [-0.25, -0.2) is 4.79 Å². The minimum atomic E-state index is -0.250. The number of benzene rings is 1. The van der Waals surface area contributed by atoms with Crippen LogP contribution in [0.3, 0.4) is 0 Å². The Morgan fingerprint density at radius 2 is 1.82 bits per heavy atom. The summed E-state index contributed by atoms with van der Waals surface area (Å²) in [6.45, 7) is 15.1. The Kier molecular flexibility index (Phi) is 7.28. The summed E-state index contributed by atoms with van der Waals surface area (Å²) >= 11 is 0. The van der Waals surface area contributed by atoms with E-state index in [1.807, 2.05) is 39.8 Å². The van der Waals surface area contributed by atoms with Gasteiger partial charge in [0.2, 0.25) is 0 Å². The molecule has 0 heterocycles. The number of ether oxygens (including phenoxy) is 1. The molecule has 1 aromatic rings. The summed E-state index contributed by atoms with van der Waals surface area (Å²) in [4.78, 5) is 12.5. The third kappa shape index (κ3) is 4.94. The van der Waals surface area contributed by atoms with Crippen molar-refractivity contribution in [2.75, 3.05) is 13.2 Å². The Labute approximate surface area is 170 Å². The molecule has 154 valence electrons. The van der Waals surface area contributed by atoms with Gasteiger partial charge < -0.3 is 9.84 Å². The molecule has 1 aliphatic carbocycles. The average molecular weight is 385 g/mol. The van der Waals surface area contributed by atoms with E-state index in [4.69, 9.17) is 4.74 Å². The molecular weight excluding hydrogens is 348 g/mol. The number of aryl methyl sites for hydroxylation is 3. The summed E-state index contributed by atoms with van der Waals surface area (Å²) in [7, 11) is 0. The van der Waals surface area contributed by atoms with Crippen molar-refractivity contribution < 1.29 is 14.6 Å². The first-order valence-corrected chi connectivity index (χ1v) is 10.3. The number of aliphatic hydroxyl groups excluding tert-OH is 1. The maximum Gasteiger partial charge on any atom is 0.338 e. The third-order valence-electron chi connectivity index (χ3n) is 6.47. The molecule has 28 heavy (non-hydrogen) atoms. The van der Waals surface area contributed by atoms with E-state index in [0.717, 1.165) is 35.1 Å². The summed E-state index contributed by atoms with van der Waals surface area (Å²) < 4.78 is 5.58. The largest absolute Gasteiger partial charge is 0.458 e. The molecule has 1 N–H and O–H groups in total. The smallest absolute Gasteiger partial charge is 0.338 e. The van der Waals surface area contributed by atoms with Crippen molar-refractivity contribution in [2.24, 2.45) is 17.3 Å². The summed E-state index contributed by atoms with van der Waals surface area (Å²) in [5.74, 6) is 0.436. The molecule has 0 spiro atoms. The molecule has 3 nitrogen and oxygen atoms in total. The van der Waals surface area contributed by atoms with Crippen molar-refractivity contribution in [1.29, 1.82) is 0 Å². The molecule has 0 radical (unpaired) electrons. The molecule has 3 heteroatoms. The highest BCUT2D eigenvalue weighted by Gasteiger charge is 2.39. The van der Waals surface area contributed by atoms with Crippen molar-refractivity contribution in [3.05, 3.63) is 57.7 Å². The Morgan fingerprint density at radius 3 is 2.39 bits per heavy atom. The Hall–Kier alpha value is -1.87. The fourth-order valence-electron chi connectivity index (χ4n) is 4.58. The fourth-order valence-corrected chi connectivity index (χ4v) is 4.58. The van der Waals surface area contributed by atoms with Crippen LogP contribution in [0.4, 0.5) is 0 Å². The molecule has 0 unspecified atom stereocenters. The SMILES string of the molecule is CC1=CC[C@H](C/C=C(\C)COC(=O)c2c(C)cc(C)cc2C)C(C)(C)[C@@H]1CO. The van der Waals surface area contributed by atoms with Gasteiger partial charge in [0.15, 0.2) is 0 Å². The van der Waals surface area contributed by atoms with E-state index in [0.29, 0.717) is 18.1 Å². The number of hydrogen-bond acceptors (Lipinski definition) is 3. The van der Waals surface area contributed by atoms with E-state index < -0.39 is 0 Å². The van der Waals surface area contributed by atoms with E-state index in [1.54, 1.807) is 0 Å². The van der Waals surface area contributed by atoms with Crippen LogP contribution < -0.4 is 0 Å². The van der Waals surface area contributed by atoms with Crippen LogP contribution in [-0.4, -0.2) is 24.3 Å². The topological polar surface area (TPSA) is 46.5 Å². The molecule has 1 aromatic carbocycles. The van der Waals surface area contributed by atoms with Gasteiger partial charge in [-0.1, -0.05) is 49.3 Å². The van der Waals surface area contributed by atoms with Gasteiger partial charge in [0.1, 0.15) is 6.61 Å². The predicted octanol–water partition coefficient (Wildman–Crippen LogP) is 5.71. The first kappa shape index (κ1) is 22.4. The Bertz CT molecular complexity index is 760. The van der Waals surface area contributed by atoms with Crippen molar-refractivity contribution >= 4 is 5.97 Å². The van der Waals surface area contributed by atoms with Gasteiger partial charge in [-0.05, 0) is 75.5 Å². The molecule has 0 aromatic heterocycles. The first-order chi connectivity index (χ1) is 13.1. The van der Waals surface area contributed by atoms with Gasteiger partial charge >= 0.3 is 5.97 Å². The number of esters is 1. The lowest BCUT2D eigenvalue weighted by atomic mass is 9.61. The van der Waals surface area contributed by atoms with E-state index >= 15 is 0 Å². The second-order valence-electron chi connectivity index (χ2n) is 9.07. The van der Waals surface area contributed by atoms with E-state index in [9.17, 15) is 9.90 Å². The number of rotatable bonds is 6.